The van der Waals surface area contributed by atoms with Crippen molar-refractivity contribution in [2.45, 2.75) is 26.4 Å². The van der Waals surface area contributed by atoms with Crippen molar-refractivity contribution in [2.75, 3.05) is 25.2 Å². The third kappa shape index (κ3) is 4.08. The van der Waals surface area contributed by atoms with Gasteiger partial charge in [0.15, 0.2) is 11.4 Å². The fourth-order valence-corrected chi connectivity index (χ4v) is 3.08. The highest BCUT2D eigenvalue weighted by Crippen LogP contribution is 2.38. The average molecular weight is 397 g/mol. The Hall–Kier alpha value is -3.35. The second-order valence-electron chi connectivity index (χ2n) is 7.06. The van der Waals surface area contributed by atoms with Crippen molar-refractivity contribution >= 4 is 23.3 Å². The van der Waals surface area contributed by atoms with Gasteiger partial charge in [0.25, 0.3) is 5.91 Å². The summed E-state index contributed by atoms with van der Waals surface area (Å²) in [6.45, 7) is 5.05. The summed E-state index contributed by atoms with van der Waals surface area (Å²) in [6.07, 6.45) is 0. The summed E-state index contributed by atoms with van der Waals surface area (Å²) >= 11 is 0. The van der Waals surface area contributed by atoms with Crippen LogP contribution in [-0.4, -0.2) is 43.5 Å². The number of methoxy groups -OCH3 is 1. The molecule has 2 aromatic carbocycles. The van der Waals surface area contributed by atoms with E-state index < -0.39 is 11.6 Å². The maximum absolute atomic E-state index is 13.0. The lowest BCUT2D eigenvalue weighted by atomic mass is 10.0. The molecule has 1 aliphatic heterocycles. The molecule has 7 nitrogen and oxygen atoms in total. The number of nitrogens with zero attached hydrogens (tertiary/aromatic N) is 1. The molecule has 0 fully saturated rings. The minimum Gasteiger partial charge on any atom is -0.497 e. The molecule has 0 saturated carbocycles. The Morgan fingerprint density at radius 3 is 2.34 bits per heavy atom. The summed E-state index contributed by atoms with van der Waals surface area (Å²) < 4.78 is 15.9. The smallest absolute Gasteiger partial charge is 0.338 e. The van der Waals surface area contributed by atoms with Gasteiger partial charge in [-0.2, -0.15) is 0 Å². The number of ether oxygens (including phenoxy) is 3. The Balaban J connectivity index is 1.95. The third-order valence-corrected chi connectivity index (χ3v) is 4.60. The molecule has 0 saturated heterocycles. The van der Waals surface area contributed by atoms with E-state index in [2.05, 4.69) is 0 Å². The molecule has 1 aliphatic rings. The van der Waals surface area contributed by atoms with E-state index in [0.29, 0.717) is 22.7 Å². The zero-order valence-corrected chi connectivity index (χ0v) is 16.9. The van der Waals surface area contributed by atoms with Gasteiger partial charge in [-0.05, 0) is 63.2 Å². The van der Waals surface area contributed by atoms with Gasteiger partial charge in [0.1, 0.15) is 11.5 Å². The molecular weight excluding hydrogens is 374 g/mol. The molecule has 3 rings (SSSR count). The van der Waals surface area contributed by atoms with Gasteiger partial charge in [-0.3, -0.25) is 14.5 Å². The lowest BCUT2D eigenvalue weighted by Crippen LogP contribution is -2.53. The molecule has 0 atom stereocenters. The molecule has 0 aliphatic carbocycles. The second kappa shape index (κ2) is 7.95. The number of hydrogen-bond acceptors (Lipinski definition) is 6. The molecule has 0 spiro atoms. The largest absolute Gasteiger partial charge is 0.497 e. The van der Waals surface area contributed by atoms with Crippen molar-refractivity contribution in [2.24, 2.45) is 0 Å². The van der Waals surface area contributed by atoms with Crippen LogP contribution in [0, 0.1) is 0 Å². The van der Waals surface area contributed by atoms with Crippen LogP contribution in [-0.2, 0) is 9.53 Å². The average Bonchev–Trinajstić information content (AvgIpc) is 2.71. The van der Waals surface area contributed by atoms with E-state index in [0.717, 1.165) is 0 Å². The molecule has 2 aromatic rings. The lowest BCUT2D eigenvalue weighted by Gasteiger charge is -2.38. The van der Waals surface area contributed by atoms with Crippen LogP contribution in [0.4, 0.5) is 5.69 Å². The van der Waals surface area contributed by atoms with Crippen LogP contribution in [0.2, 0.25) is 0 Å². The van der Waals surface area contributed by atoms with Gasteiger partial charge in [0, 0.05) is 5.56 Å². The van der Waals surface area contributed by atoms with Crippen LogP contribution in [0.1, 0.15) is 41.5 Å². The normalized spacial score (nSPS) is 14.6. The topological polar surface area (TPSA) is 82.1 Å². The van der Waals surface area contributed by atoms with Gasteiger partial charge in [-0.15, -0.1) is 0 Å². The molecule has 7 heteroatoms. The molecule has 0 radical (unpaired) electrons. The minimum atomic E-state index is -1.14. The number of ketones is 1. The molecule has 1 heterocycles. The summed E-state index contributed by atoms with van der Waals surface area (Å²) in [4.78, 5) is 39.3. The van der Waals surface area contributed by atoms with Crippen molar-refractivity contribution in [1.82, 2.24) is 0 Å². The van der Waals surface area contributed by atoms with E-state index in [1.54, 1.807) is 64.3 Å². The number of fused-ring (bicyclic) bond motifs is 1. The first kappa shape index (κ1) is 20.4. The number of anilines is 1. The molecule has 0 unspecified atom stereocenters. The molecule has 0 N–H and O–H groups in total. The zero-order valence-electron chi connectivity index (χ0n) is 16.9. The highest BCUT2D eigenvalue weighted by Gasteiger charge is 2.42. The van der Waals surface area contributed by atoms with Crippen molar-refractivity contribution in [1.29, 1.82) is 0 Å². The number of carbonyl (C=O) groups is 3. The molecule has 152 valence electrons. The van der Waals surface area contributed by atoms with E-state index in [1.807, 2.05) is 0 Å². The highest BCUT2D eigenvalue weighted by atomic mass is 16.5. The Morgan fingerprint density at radius 1 is 1.07 bits per heavy atom. The van der Waals surface area contributed by atoms with Crippen molar-refractivity contribution < 1.29 is 28.6 Å². The van der Waals surface area contributed by atoms with Crippen LogP contribution >= 0.6 is 0 Å². The summed E-state index contributed by atoms with van der Waals surface area (Å²) in [7, 11) is 1.55. The standard InChI is InChI=1S/C22H23NO6/c1-5-28-20(25)15-8-11-19-17(12-15)23(21(26)22(2,3)29-19)13-18(24)14-6-9-16(27-4)10-7-14/h6-12H,5,13H2,1-4H3. The minimum absolute atomic E-state index is 0.183. The van der Waals surface area contributed by atoms with E-state index in [-0.39, 0.29) is 30.4 Å². The van der Waals surface area contributed by atoms with Crippen LogP contribution < -0.4 is 14.4 Å². The van der Waals surface area contributed by atoms with Gasteiger partial charge in [0.05, 0.1) is 31.5 Å². The number of esters is 1. The van der Waals surface area contributed by atoms with Gasteiger partial charge in [-0.25, -0.2) is 4.79 Å². The van der Waals surface area contributed by atoms with Gasteiger partial charge in [0.2, 0.25) is 0 Å². The SMILES string of the molecule is CCOC(=O)c1ccc2c(c1)N(CC(=O)c1ccc(OC)cc1)C(=O)C(C)(C)O2. The molecule has 0 aromatic heterocycles. The number of amides is 1. The predicted octanol–water partition coefficient (Wildman–Crippen LogP) is 3.26. The maximum Gasteiger partial charge on any atom is 0.338 e. The fraction of sp³-hybridized carbons (Fsp3) is 0.318. The number of carbonyl (C=O) groups excluding carboxylic acids is 3. The Bertz CT molecular complexity index is 948. The van der Waals surface area contributed by atoms with Gasteiger partial charge < -0.3 is 14.2 Å². The quantitative estimate of drug-likeness (QED) is 0.550. The lowest BCUT2D eigenvalue weighted by molar-refractivity contribution is -0.132. The molecular formula is C22H23NO6. The summed E-state index contributed by atoms with van der Waals surface area (Å²) in [5, 5.41) is 0. The van der Waals surface area contributed by atoms with Gasteiger partial charge >= 0.3 is 5.97 Å². The number of benzene rings is 2. The maximum atomic E-state index is 13.0. The number of Topliss-reactive ketones (excluding diaryl/α,β-unsaturated/α-hetero) is 1. The van der Waals surface area contributed by atoms with Crippen LogP contribution in [0.25, 0.3) is 0 Å². The summed E-state index contributed by atoms with van der Waals surface area (Å²) in [6, 6.07) is 11.4. The Kier molecular flexibility index (Phi) is 5.59. The fourth-order valence-electron chi connectivity index (χ4n) is 3.08. The van der Waals surface area contributed by atoms with E-state index in [1.165, 1.54) is 11.0 Å². The molecule has 1 amide bonds. The zero-order chi connectivity index (χ0) is 21.2. The Labute approximate surface area is 169 Å². The first-order chi connectivity index (χ1) is 13.8. The van der Waals surface area contributed by atoms with Crippen molar-refractivity contribution in [3.8, 4) is 11.5 Å². The third-order valence-electron chi connectivity index (χ3n) is 4.60. The van der Waals surface area contributed by atoms with E-state index in [4.69, 9.17) is 14.2 Å². The van der Waals surface area contributed by atoms with Crippen LogP contribution in [0.15, 0.2) is 42.5 Å². The van der Waals surface area contributed by atoms with Crippen LogP contribution in [0.5, 0.6) is 11.5 Å². The number of rotatable bonds is 6. The monoisotopic (exact) mass is 397 g/mol. The molecule has 29 heavy (non-hydrogen) atoms. The van der Waals surface area contributed by atoms with Crippen molar-refractivity contribution in [3.05, 3.63) is 53.6 Å². The summed E-state index contributed by atoms with van der Waals surface area (Å²) in [5.74, 6) is -0.0622. The van der Waals surface area contributed by atoms with E-state index >= 15 is 0 Å². The first-order valence-corrected chi connectivity index (χ1v) is 9.26. The highest BCUT2D eigenvalue weighted by molar-refractivity contribution is 6.10. The first-order valence-electron chi connectivity index (χ1n) is 9.26. The van der Waals surface area contributed by atoms with Gasteiger partial charge in [-0.1, -0.05) is 0 Å². The van der Waals surface area contributed by atoms with E-state index in [9.17, 15) is 14.4 Å². The molecule has 0 bridgehead atoms. The van der Waals surface area contributed by atoms with Crippen LogP contribution in [0.3, 0.4) is 0 Å². The predicted molar refractivity (Wildman–Crippen MR) is 107 cm³/mol. The Morgan fingerprint density at radius 2 is 1.72 bits per heavy atom. The number of hydrogen-bond donors (Lipinski definition) is 0. The van der Waals surface area contributed by atoms with Crippen molar-refractivity contribution in [3.63, 3.8) is 0 Å². The summed E-state index contributed by atoms with van der Waals surface area (Å²) in [5.41, 5.74) is -0.0464. The second-order valence-corrected chi connectivity index (χ2v) is 7.06.